The molecule has 1 aromatic heterocycles. The van der Waals surface area contributed by atoms with Crippen LogP contribution in [0.3, 0.4) is 0 Å². The van der Waals surface area contributed by atoms with Gasteiger partial charge in [-0.25, -0.2) is 0 Å². The number of nitrogens with one attached hydrogen (secondary N) is 2. The van der Waals surface area contributed by atoms with E-state index >= 15 is 0 Å². The van der Waals surface area contributed by atoms with E-state index in [4.69, 9.17) is 4.99 Å². The molecule has 0 unspecified atom stereocenters. The van der Waals surface area contributed by atoms with Crippen LogP contribution in [-0.4, -0.2) is 64.4 Å². The fourth-order valence-electron chi connectivity index (χ4n) is 4.29. The van der Waals surface area contributed by atoms with Crippen molar-refractivity contribution in [3.8, 4) is 0 Å². The Labute approximate surface area is 176 Å². The van der Waals surface area contributed by atoms with Crippen molar-refractivity contribution in [2.45, 2.75) is 77.8 Å². The molecule has 7 nitrogen and oxygen atoms in total. The van der Waals surface area contributed by atoms with Gasteiger partial charge < -0.3 is 15.2 Å². The zero-order valence-corrected chi connectivity index (χ0v) is 18.4. The highest BCUT2D eigenvalue weighted by Crippen LogP contribution is 2.15. The number of likely N-dealkylation sites (tertiary alicyclic amines) is 1. The summed E-state index contributed by atoms with van der Waals surface area (Å²) in [5.41, 5.74) is 1.25. The van der Waals surface area contributed by atoms with Gasteiger partial charge in [0.1, 0.15) is 11.6 Å². The Bertz CT molecular complexity index is 671. The lowest BCUT2D eigenvalue weighted by molar-refractivity contribution is 0.221. The maximum Gasteiger partial charge on any atom is 0.191 e. The SMILES string of the molecule is C=C(C)CN1CCC(NC(=NCCCc2nnc3n2CCCCC3)NCC)CC1. The topological polar surface area (TPSA) is 70.4 Å². The molecule has 0 radical (unpaired) electrons. The minimum Gasteiger partial charge on any atom is -0.357 e. The van der Waals surface area contributed by atoms with E-state index in [0.717, 1.165) is 83.2 Å². The molecule has 3 rings (SSSR count). The van der Waals surface area contributed by atoms with Crippen molar-refractivity contribution in [1.82, 2.24) is 30.3 Å². The first-order chi connectivity index (χ1) is 14.2. The molecule has 29 heavy (non-hydrogen) atoms. The summed E-state index contributed by atoms with van der Waals surface area (Å²) in [6, 6.07) is 0.501. The predicted octanol–water partition coefficient (Wildman–Crippen LogP) is 2.53. The third-order valence-corrected chi connectivity index (χ3v) is 5.78. The molecule has 2 aliphatic rings. The number of hydrogen-bond acceptors (Lipinski definition) is 4. The summed E-state index contributed by atoms with van der Waals surface area (Å²) < 4.78 is 2.35. The molecule has 7 heteroatoms. The molecule has 3 heterocycles. The lowest BCUT2D eigenvalue weighted by atomic mass is 10.0. The fraction of sp³-hybridized carbons (Fsp3) is 0.773. The molecule has 0 bridgehead atoms. The van der Waals surface area contributed by atoms with Gasteiger partial charge in [0.15, 0.2) is 5.96 Å². The van der Waals surface area contributed by atoms with Crippen molar-refractivity contribution in [3.63, 3.8) is 0 Å². The van der Waals surface area contributed by atoms with Crippen LogP contribution in [-0.2, 0) is 19.4 Å². The summed E-state index contributed by atoms with van der Waals surface area (Å²) in [5, 5.41) is 15.9. The molecule has 0 aromatic carbocycles. The Balaban J connectivity index is 1.44. The number of aryl methyl sites for hydroxylation is 2. The number of aromatic nitrogens is 3. The van der Waals surface area contributed by atoms with Crippen LogP contribution in [0.5, 0.6) is 0 Å². The Morgan fingerprint density at radius 1 is 1.17 bits per heavy atom. The lowest BCUT2D eigenvalue weighted by Gasteiger charge is -2.33. The lowest BCUT2D eigenvalue weighted by Crippen LogP contribution is -2.48. The number of fused-ring (bicyclic) bond motifs is 1. The second-order valence-electron chi connectivity index (χ2n) is 8.51. The maximum absolute atomic E-state index is 4.81. The van der Waals surface area contributed by atoms with Crippen LogP contribution in [0.15, 0.2) is 17.1 Å². The molecule has 1 fully saturated rings. The number of aliphatic imine (C=N–C) groups is 1. The first kappa shape index (κ1) is 21.8. The third kappa shape index (κ3) is 6.84. The molecule has 1 saturated heterocycles. The van der Waals surface area contributed by atoms with E-state index in [0.29, 0.717) is 6.04 Å². The van der Waals surface area contributed by atoms with E-state index in [1.54, 1.807) is 0 Å². The van der Waals surface area contributed by atoms with E-state index in [9.17, 15) is 0 Å². The van der Waals surface area contributed by atoms with Crippen LogP contribution < -0.4 is 10.6 Å². The molecule has 162 valence electrons. The summed E-state index contributed by atoms with van der Waals surface area (Å²) in [6.07, 6.45) is 9.14. The highest BCUT2D eigenvalue weighted by molar-refractivity contribution is 5.80. The predicted molar refractivity (Wildman–Crippen MR) is 119 cm³/mol. The molecule has 0 amide bonds. The van der Waals surface area contributed by atoms with Crippen molar-refractivity contribution in [1.29, 1.82) is 0 Å². The van der Waals surface area contributed by atoms with Gasteiger partial charge in [0.05, 0.1) is 0 Å². The molecule has 2 N–H and O–H groups in total. The smallest absolute Gasteiger partial charge is 0.191 e. The number of guanidine groups is 1. The third-order valence-electron chi connectivity index (χ3n) is 5.78. The van der Waals surface area contributed by atoms with Gasteiger partial charge in [0.25, 0.3) is 0 Å². The van der Waals surface area contributed by atoms with Crippen LogP contribution >= 0.6 is 0 Å². The van der Waals surface area contributed by atoms with Gasteiger partial charge in [-0.05, 0) is 46.0 Å². The van der Waals surface area contributed by atoms with Crippen LogP contribution in [0.2, 0.25) is 0 Å². The summed E-state index contributed by atoms with van der Waals surface area (Å²) >= 11 is 0. The molecular formula is C22H39N7. The van der Waals surface area contributed by atoms with Gasteiger partial charge in [-0.15, -0.1) is 10.2 Å². The standard InChI is InChI=1S/C22H39N7/c1-4-23-22(25-19-11-15-28(16-12-19)17-18(2)3)24-13-8-10-21-27-26-20-9-6-5-7-14-29(20)21/h19H,2,4-17H2,1,3H3,(H2,23,24,25). The van der Waals surface area contributed by atoms with Crippen molar-refractivity contribution in [2.75, 3.05) is 32.7 Å². The minimum absolute atomic E-state index is 0.501. The van der Waals surface area contributed by atoms with E-state index in [1.807, 2.05) is 0 Å². The highest BCUT2D eigenvalue weighted by Gasteiger charge is 2.20. The van der Waals surface area contributed by atoms with Crippen molar-refractivity contribution < 1.29 is 0 Å². The van der Waals surface area contributed by atoms with E-state index < -0.39 is 0 Å². The Morgan fingerprint density at radius 3 is 2.76 bits per heavy atom. The first-order valence-electron chi connectivity index (χ1n) is 11.5. The van der Waals surface area contributed by atoms with Gasteiger partial charge in [0.2, 0.25) is 0 Å². The van der Waals surface area contributed by atoms with Gasteiger partial charge >= 0.3 is 0 Å². The van der Waals surface area contributed by atoms with Crippen LogP contribution in [0.1, 0.15) is 64.0 Å². The average molecular weight is 402 g/mol. The summed E-state index contributed by atoms with van der Waals surface area (Å²) in [7, 11) is 0. The Morgan fingerprint density at radius 2 is 2.00 bits per heavy atom. The minimum atomic E-state index is 0.501. The van der Waals surface area contributed by atoms with Crippen LogP contribution in [0.25, 0.3) is 0 Å². The largest absolute Gasteiger partial charge is 0.357 e. The number of piperidine rings is 1. The summed E-state index contributed by atoms with van der Waals surface area (Å²) in [6.45, 7) is 14.3. The number of nitrogens with zero attached hydrogens (tertiary/aromatic N) is 5. The van der Waals surface area contributed by atoms with Crippen LogP contribution in [0, 0.1) is 0 Å². The second-order valence-corrected chi connectivity index (χ2v) is 8.51. The summed E-state index contributed by atoms with van der Waals surface area (Å²) in [4.78, 5) is 7.31. The van der Waals surface area contributed by atoms with E-state index in [1.165, 1.54) is 30.7 Å². The number of hydrogen-bond donors (Lipinski definition) is 2. The molecule has 1 aromatic rings. The molecule has 0 atom stereocenters. The van der Waals surface area contributed by atoms with E-state index in [2.05, 4.69) is 50.7 Å². The van der Waals surface area contributed by atoms with Crippen molar-refractivity contribution in [3.05, 3.63) is 23.8 Å². The van der Waals surface area contributed by atoms with Gasteiger partial charge in [-0.2, -0.15) is 0 Å². The fourth-order valence-corrected chi connectivity index (χ4v) is 4.29. The molecular weight excluding hydrogens is 362 g/mol. The van der Waals surface area contributed by atoms with Gasteiger partial charge in [-0.3, -0.25) is 9.89 Å². The Hall–Kier alpha value is -1.89. The van der Waals surface area contributed by atoms with Crippen molar-refractivity contribution >= 4 is 5.96 Å². The van der Waals surface area contributed by atoms with Crippen LogP contribution in [0.4, 0.5) is 0 Å². The quantitative estimate of drug-likeness (QED) is 0.303. The normalized spacial score (nSPS) is 18.9. The average Bonchev–Trinajstić information content (AvgIpc) is 2.92. The molecule has 2 aliphatic heterocycles. The first-order valence-corrected chi connectivity index (χ1v) is 11.5. The molecule has 0 aliphatic carbocycles. The zero-order valence-electron chi connectivity index (χ0n) is 18.4. The second kappa shape index (κ2) is 11.3. The monoisotopic (exact) mass is 401 g/mol. The zero-order chi connectivity index (χ0) is 20.5. The molecule has 0 saturated carbocycles. The Kier molecular flexibility index (Phi) is 8.52. The molecule has 0 spiro atoms. The van der Waals surface area contributed by atoms with Crippen molar-refractivity contribution in [2.24, 2.45) is 4.99 Å². The summed E-state index contributed by atoms with van der Waals surface area (Å²) in [5.74, 6) is 3.26. The highest BCUT2D eigenvalue weighted by atomic mass is 15.3. The maximum atomic E-state index is 4.81. The number of rotatable bonds is 8. The van der Waals surface area contributed by atoms with Gasteiger partial charge in [-0.1, -0.05) is 18.6 Å². The van der Waals surface area contributed by atoms with E-state index in [-0.39, 0.29) is 0 Å². The van der Waals surface area contributed by atoms with Gasteiger partial charge in [0, 0.05) is 58.2 Å².